The molecule has 11 rings (SSSR count). The van der Waals surface area contributed by atoms with Crippen molar-refractivity contribution >= 4 is 29.1 Å². The Labute approximate surface area is 451 Å². The first-order valence-corrected chi connectivity index (χ1v) is 25.9. The average molecular weight is 1100 g/mol. The van der Waals surface area contributed by atoms with E-state index in [4.69, 9.17) is 40.3 Å². The van der Waals surface area contributed by atoms with Crippen molar-refractivity contribution < 1.29 is 50.0 Å². The zero-order valence-electron chi connectivity index (χ0n) is 43.4. The number of ether oxygens (including phenoxy) is 5. The van der Waals surface area contributed by atoms with E-state index in [0.717, 1.165) is 23.1 Å². The van der Waals surface area contributed by atoms with Crippen LogP contribution in [0.3, 0.4) is 0 Å². The standard InChI is InChI=1S/C57H56ClF6N9O5/c1-33-21-42(71(24-36-9-15-39(75-4)16-10-36)25-37-11-17-40(76-5)18-12-37)70-49(46(33)57(62,63)64)44-47(58)50-45-51(48(44)59)78-43(77-30-55-19-6-20-72(55)29-54(27-55)28-56(54,60)61)26-73(53(45)69-32-67-50)34(2)41-23-65-31-68-52(41)66-22-35-7-13-38(74-3)14-8-35/h7-18,21,23,26,31,34,69H,6,19-20,22,24-25,27-30,32H2,1-5H3,(H,65,66,68)/t34?,54-,55+/m1/s1. The number of nitrogens with zero attached hydrogens (tertiary/aromatic N) is 7. The number of halogens is 7. The summed E-state index contributed by atoms with van der Waals surface area (Å²) in [6, 6.07) is 22.6. The van der Waals surface area contributed by atoms with E-state index in [-0.39, 0.29) is 79.5 Å². The predicted octanol–water partition coefficient (Wildman–Crippen LogP) is 10.3. The quantitative estimate of drug-likeness (QED) is 0.0842. The number of aromatic nitrogens is 3. The Morgan fingerprint density at radius 1 is 0.910 bits per heavy atom. The van der Waals surface area contributed by atoms with Crippen molar-refractivity contribution in [2.45, 2.75) is 82.8 Å². The summed E-state index contributed by atoms with van der Waals surface area (Å²) in [4.78, 5) is 23.9. The van der Waals surface area contributed by atoms with Crippen LogP contribution >= 0.6 is 11.6 Å². The van der Waals surface area contributed by atoms with Gasteiger partial charge < -0.3 is 44.1 Å². The first-order valence-electron chi connectivity index (χ1n) is 25.5. The lowest BCUT2D eigenvalue weighted by atomic mass is 9.89. The first-order chi connectivity index (χ1) is 37.4. The fourth-order valence-corrected chi connectivity index (χ4v) is 11.8. The fraction of sp³-hybridized carbons (Fsp3) is 0.368. The van der Waals surface area contributed by atoms with Gasteiger partial charge in [-0.15, -0.1) is 0 Å². The Kier molecular flexibility index (Phi) is 13.8. The summed E-state index contributed by atoms with van der Waals surface area (Å²) in [5.41, 5.74) is -1.81. The molecular formula is C57H56ClF6N9O5. The SMILES string of the molecule is COc1ccc(CNc2ncncc2C(C)N2C=C(OC[C@@]34CCCN3C[C@]3(CC3(F)F)C4)Oc3c(F)c(-c4nc(N(Cc5ccc(OC)cc5)Cc5ccc(OC)cc5)cc(C)c4C(F)(F)F)c(Cl)c4c3=C2NCN=4)cc1. The smallest absolute Gasteiger partial charge is 0.418 e. The lowest BCUT2D eigenvalue weighted by molar-refractivity contribution is -0.137. The van der Waals surface area contributed by atoms with Gasteiger partial charge in [-0.05, 0) is 104 Å². The summed E-state index contributed by atoms with van der Waals surface area (Å²) < 4.78 is 125. The van der Waals surface area contributed by atoms with Crippen LogP contribution < -0.4 is 45.1 Å². The van der Waals surface area contributed by atoms with Gasteiger partial charge in [-0.1, -0.05) is 48.0 Å². The third-order valence-corrected chi connectivity index (χ3v) is 16.0. The van der Waals surface area contributed by atoms with Crippen molar-refractivity contribution in [1.82, 2.24) is 30.1 Å². The van der Waals surface area contributed by atoms with E-state index in [1.165, 1.54) is 25.5 Å². The van der Waals surface area contributed by atoms with Crippen LogP contribution in [-0.4, -0.2) is 83.9 Å². The number of hydrogen-bond acceptors (Lipinski definition) is 14. The highest BCUT2D eigenvalue weighted by Gasteiger charge is 2.77. The van der Waals surface area contributed by atoms with Crippen LogP contribution in [-0.2, 0) is 30.5 Å². The molecule has 0 bridgehead atoms. The maximum atomic E-state index is 18.4. The van der Waals surface area contributed by atoms with Crippen LogP contribution in [0.1, 0.15) is 72.0 Å². The molecule has 6 aromatic rings. The third-order valence-electron chi connectivity index (χ3n) is 15.7. The monoisotopic (exact) mass is 1100 g/mol. The zero-order chi connectivity index (χ0) is 54.7. The molecule has 2 saturated heterocycles. The molecule has 3 atom stereocenters. The number of benzene rings is 4. The van der Waals surface area contributed by atoms with Crippen LogP contribution in [0, 0.1) is 18.2 Å². The second-order valence-electron chi connectivity index (χ2n) is 20.5. The lowest BCUT2D eigenvalue weighted by Gasteiger charge is -2.33. The highest BCUT2D eigenvalue weighted by molar-refractivity contribution is 6.33. The minimum absolute atomic E-state index is 0.000960. The van der Waals surface area contributed by atoms with Crippen LogP contribution in [0.5, 0.6) is 23.0 Å². The molecule has 1 unspecified atom stereocenters. The molecule has 1 spiro atoms. The Balaban J connectivity index is 1.05. The lowest BCUT2D eigenvalue weighted by Crippen LogP contribution is -2.45. The summed E-state index contributed by atoms with van der Waals surface area (Å²) >= 11 is 7.30. The van der Waals surface area contributed by atoms with Crippen molar-refractivity contribution in [1.29, 1.82) is 0 Å². The first kappa shape index (κ1) is 52.6. The van der Waals surface area contributed by atoms with Crippen molar-refractivity contribution in [3.63, 3.8) is 0 Å². The van der Waals surface area contributed by atoms with E-state index in [9.17, 15) is 0 Å². The molecule has 408 valence electrons. The molecule has 4 aliphatic heterocycles. The molecule has 3 fully saturated rings. The largest absolute Gasteiger partial charge is 0.497 e. The van der Waals surface area contributed by atoms with Gasteiger partial charge in [-0.2, -0.15) is 13.2 Å². The molecule has 78 heavy (non-hydrogen) atoms. The van der Waals surface area contributed by atoms with Gasteiger partial charge in [0, 0.05) is 44.4 Å². The van der Waals surface area contributed by atoms with Gasteiger partial charge in [-0.3, -0.25) is 9.89 Å². The molecule has 2 aromatic heterocycles. The normalized spacial score (nSPS) is 20.3. The van der Waals surface area contributed by atoms with Crippen molar-refractivity contribution in [3.05, 3.63) is 158 Å². The molecule has 21 heteroatoms. The van der Waals surface area contributed by atoms with Crippen LogP contribution in [0.25, 0.3) is 17.1 Å². The molecule has 0 amide bonds. The van der Waals surface area contributed by atoms with E-state index in [1.807, 2.05) is 55.5 Å². The molecule has 6 heterocycles. The maximum absolute atomic E-state index is 18.4. The Bertz CT molecular complexity index is 3380. The van der Waals surface area contributed by atoms with Gasteiger partial charge in [0.25, 0.3) is 5.92 Å². The Hall–Kier alpha value is -7.45. The van der Waals surface area contributed by atoms with Gasteiger partial charge in [0.05, 0.1) is 76.9 Å². The molecule has 14 nitrogen and oxygen atoms in total. The predicted molar refractivity (Wildman–Crippen MR) is 280 cm³/mol. The van der Waals surface area contributed by atoms with Crippen LogP contribution in [0.15, 0.2) is 109 Å². The maximum Gasteiger partial charge on any atom is 0.418 e. The van der Waals surface area contributed by atoms with E-state index >= 15 is 26.3 Å². The molecule has 0 radical (unpaired) electrons. The number of hydrogen-bond donors (Lipinski definition) is 2. The second kappa shape index (κ2) is 20.4. The molecule has 1 aliphatic carbocycles. The van der Waals surface area contributed by atoms with Gasteiger partial charge in [-0.25, -0.2) is 28.1 Å². The Morgan fingerprint density at radius 2 is 1.54 bits per heavy atom. The van der Waals surface area contributed by atoms with Gasteiger partial charge in [0.1, 0.15) is 54.3 Å². The molecule has 5 aliphatic rings. The minimum Gasteiger partial charge on any atom is -0.497 e. The van der Waals surface area contributed by atoms with Gasteiger partial charge >= 0.3 is 12.1 Å². The van der Waals surface area contributed by atoms with E-state index in [0.29, 0.717) is 48.1 Å². The van der Waals surface area contributed by atoms with Gasteiger partial charge in [0.2, 0.25) is 0 Å². The summed E-state index contributed by atoms with van der Waals surface area (Å²) in [7, 11) is 4.68. The highest BCUT2D eigenvalue weighted by Crippen LogP contribution is 2.69. The third kappa shape index (κ3) is 9.70. The number of anilines is 2. The second-order valence-corrected chi connectivity index (χ2v) is 20.9. The molecular weight excluding hydrogens is 1040 g/mol. The fourth-order valence-electron chi connectivity index (χ4n) is 11.5. The number of fused-ring (bicyclic) bond motifs is 1. The average Bonchev–Trinajstić information content (AvgIpc) is 3.73. The van der Waals surface area contributed by atoms with Crippen molar-refractivity contribution in [2.75, 3.05) is 57.9 Å². The number of methoxy groups -OCH3 is 3. The van der Waals surface area contributed by atoms with Crippen molar-refractivity contribution in [3.8, 4) is 34.3 Å². The number of alkyl halides is 5. The topological polar surface area (TPSA) is 131 Å². The zero-order valence-corrected chi connectivity index (χ0v) is 44.2. The van der Waals surface area contributed by atoms with Crippen LogP contribution in [0.2, 0.25) is 5.02 Å². The van der Waals surface area contributed by atoms with Crippen molar-refractivity contribution in [2.24, 2.45) is 10.4 Å². The highest BCUT2D eigenvalue weighted by atomic mass is 35.5. The summed E-state index contributed by atoms with van der Waals surface area (Å²) in [6.07, 6.45) is 0.796. The number of rotatable bonds is 17. The molecule has 1 saturated carbocycles. The number of pyridine rings is 1. The van der Waals surface area contributed by atoms with Gasteiger partial charge in [0.15, 0.2) is 11.6 Å². The Morgan fingerprint density at radius 3 is 2.14 bits per heavy atom. The van der Waals surface area contributed by atoms with E-state index in [1.54, 1.807) is 61.6 Å². The molecule has 2 N–H and O–H groups in total. The summed E-state index contributed by atoms with van der Waals surface area (Å²) in [5, 5.41) is 6.16. The van der Waals surface area contributed by atoms with E-state index < -0.39 is 62.5 Å². The minimum atomic E-state index is -5.06. The number of nitrogens with one attached hydrogen (secondary N) is 2. The van der Waals surface area contributed by atoms with Crippen LogP contribution in [0.4, 0.5) is 38.0 Å². The summed E-state index contributed by atoms with van der Waals surface area (Å²) in [6.45, 7) is 4.43. The summed E-state index contributed by atoms with van der Waals surface area (Å²) in [5.74, 6) is -2.17. The van der Waals surface area contributed by atoms with E-state index in [2.05, 4.69) is 30.5 Å². The molecule has 4 aromatic carbocycles. The number of aryl methyl sites for hydroxylation is 1.